The zero-order valence-electron chi connectivity index (χ0n) is 16.5. The molecule has 0 fully saturated rings. The Kier molecular flexibility index (Phi) is 8.76. The second-order valence-corrected chi connectivity index (χ2v) is 6.30. The lowest BCUT2D eigenvalue weighted by molar-refractivity contribution is -0.143. The van der Waals surface area contributed by atoms with E-state index in [2.05, 4.69) is 36.2 Å². The number of carbonyl (C=O) groups is 3. The van der Waals surface area contributed by atoms with Crippen molar-refractivity contribution >= 4 is 17.8 Å². The van der Waals surface area contributed by atoms with Gasteiger partial charge < -0.3 is 25.7 Å². The zero-order chi connectivity index (χ0) is 21.1. The van der Waals surface area contributed by atoms with Crippen LogP contribution in [0.5, 0.6) is 0 Å². The molecule has 2 amide bonds. The fourth-order valence-corrected chi connectivity index (χ4v) is 2.45. The normalized spacial score (nSPS) is 11.7. The molecule has 0 aliphatic rings. The standard InChI is InChI=1S/C17H26N8O4/c1-12(26)22-15(7-13-8-19-11-21-13)17(28)20-9-14-10-25(24-23-14)5-6-29-16(27)3-4-18-2/h8,10-11,15,18H,3-7,9H2,1-2H3,(H,19,21)(H,20,28)(H,22,26). The molecule has 0 saturated carbocycles. The molecular weight excluding hydrogens is 380 g/mol. The molecule has 2 heterocycles. The summed E-state index contributed by atoms with van der Waals surface area (Å²) in [5.41, 5.74) is 1.28. The van der Waals surface area contributed by atoms with Crippen LogP contribution in [0.1, 0.15) is 24.7 Å². The summed E-state index contributed by atoms with van der Waals surface area (Å²) in [6.45, 7) is 2.61. The number of H-pyrrole nitrogens is 1. The second-order valence-electron chi connectivity index (χ2n) is 6.30. The van der Waals surface area contributed by atoms with E-state index in [4.69, 9.17) is 4.74 Å². The summed E-state index contributed by atoms with van der Waals surface area (Å²) in [4.78, 5) is 42.1. The molecule has 4 N–H and O–H groups in total. The van der Waals surface area contributed by atoms with E-state index in [0.717, 1.165) is 5.69 Å². The molecule has 0 spiro atoms. The minimum absolute atomic E-state index is 0.153. The predicted octanol–water partition coefficient (Wildman–Crippen LogP) is -1.48. The summed E-state index contributed by atoms with van der Waals surface area (Å²) >= 11 is 0. The number of carbonyl (C=O) groups excluding carboxylic acids is 3. The van der Waals surface area contributed by atoms with Crippen molar-refractivity contribution in [3.05, 3.63) is 30.1 Å². The monoisotopic (exact) mass is 406 g/mol. The maximum atomic E-state index is 12.4. The number of nitrogens with one attached hydrogen (secondary N) is 4. The summed E-state index contributed by atoms with van der Waals surface area (Å²) < 4.78 is 6.62. The highest BCUT2D eigenvalue weighted by molar-refractivity contribution is 5.86. The topological polar surface area (TPSA) is 156 Å². The maximum Gasteiger partial charge on any atom is 0.307 e. The molecule has 12 nitrogen and oxygen atoms in total. The van der Waals surface area contributed by atoms with Gasteiger partial charge in [-0.15, -0.1) is 5.10 Å². The number of aromatic amines is 1. The van der Waals surface area contributed by atoms with E-state index in [-0.39, 0.29) is 37.4 Å². The lowest BCUT2D eigenvalue weighted by Crippen LogP contribution is -2.47. The van der Waals surface area contributed by atoms with E-state index >= 15 is 0 Å². The average molecular weight is 406 g/mol. The van der Waals surface area contributed by atoms with Gasteiger partial charge in [-0.25, -0.2) is 9.67 Å². The molecule has 0 aliphatic heterocycles. The Balaban J connectivity index is 1.78. The molecule has 0 saturated heterocycles. The Bertz CT molecular complexity index is 789. The van der Waals surface area contributed by atoms with Crippen molar-refractivity contribution in [3.8, 4) is 0 Å². The number of hydrogen-bond donors (Lipinski definition) is 4. The van der Waals surface area contributed by atoms with Crippen LogP contribution >= 0.6 is 0 Å². The van der Waals surface area contributed by atoms with E-state index < -0.39 is 6.04 Å². The highest BCUT2D eigenvalue weighted by Crippen LogP contribution is 2.00. The second kappa shape index (κ2) is 11.5. The fourth-order valence-electron chi connectivity index (χ4n) is 2.45. The third-order valence-corrected chi connectivity index (χ3v) is 3.87. The molecule has 2 aromatic rings. The number of amides is 2. The largest absolute Gasteiger partial charge is 0.464 e. The highest BCUT2D eigenvalue weighted by Gasteiger charge is 2.20. The first kappa shape index (κ1) is 22.0. The van der Waals surface area contributed by atoms with E-state index in [9.17, 15) is 14.4 Å². The molecular formula is C17H26N8O4. The van der Waals surface area contributed by atoms with Gasteiger partial charge in [0.05, 0.1) is 32.0 Å². The fraction of sp³-hybridized carbons (Fsp3) is 0.529. The first-order valence-corrected chi connectivity index (χ1v) is 9.19. The van der Waals surface area contributed by atoms with Gasteiger partial charge in [0.15, 0.2) is 0 Å². The van der Waals surface area contributed by atoms with Gasteiger partial charge in [-0.3, -0.25) is 14.4 Å². The van der Waals surface area contributed by atoms with Crippen LogP contribution in [0.15, 0.2) is 18.7 Å². The molecule has 0 bridgehead atoms. The number of rotatable bonds is 12. The maximum absolute atomic E-state index is 12.4. The molecule has 1 atom stereocenters. The zero-order valence-corrected chi connectivity index (χ0v) is 16.5. The van der Waals surface area contributed by atoms with E-state index in [1.807, 2.05) is 0 Å². The van der Waals surface area contributed by atoms with Crippen LogP contribution in [0, 0.1) is 0 Å². The third kappa shape index (κ3) is 8.09. The van der Waals surface area contributed by atoms with Gasteiger partial charge in [-0.1, -0.05) is 5.21 Å². The number of esters is 1. The lowest BCUT2D eigenvalue weighted by atomic mass is 10.1. The smallest absolute Gasteiger partial charge is 0.307 e. The first-order valence-electron chi connectivity index (χ1n) is 9.19. The van der Waals surface area contributed by atoms with Crippen molar-refractivity contribution in [3.63, 3.8) is 0 Å². The van der Waals surface area contributed by atoms with Crippen molar-refractivity contribution in [2.45, 2.75) is 38.9 Å². The molecule has 12 heteroatoms. The van der Waals surface area contributed by atoms with Gasteiger partial charge in [0.2, 0.25) is 11.8 Å². The van der Waals surface area contributed by atoms with Crippen LogP contribution in [-0.4, -0.2) is 69.0 Å². The van der Waals surface area contributed by atoms with E-state index in [1.54, 1.807) is 19.4 Å². The van der Waals surface area contributed by atoms with Crippen LogP contribution in [-0.2, 0) is 38.6 Å². The van der Waals surface area contributed by atoms with Crippen molar-refractivity contribution in [2.24, 2.45) is 0 Å². The average Bonchev–Trinajstić information content (AvgIpc) is 3.35. The lowest BCUT2D eigenvalue weighted by Gasteiger charge is -2.16. The number of nitrogens with zero attached hydrogens (tertiary/aromatic N) is 4. The number of ether oxygens (including phenoxy) is 1. The van der Waals surface area contributed by atoms with Gasteiger partial charge in [-0.05, 0) is 7.05 Å². The van der Waals surface area contributed by atoms with Gasteiger partial charge in [-0.2, -0.15) is 0 Å². The Labute approximate surface area is 167 Å². The Morgan fingerprint density at radius 2 is 2.17 bits per heavy atom. The molecule has 2 rings (SSSR count). The molecule has 0 aliphatic carbocycles. The van der Waals surface area contributed by atoms with E-state index in [0.29, 0.717) is 25.2 Å². The summed E-state index contributed by atoms with van der Waals surface area (Å²) in [7, 11) is 1.76. The van der Waals surface area contributed by atoms with Crippen molar-refractivity contribution in [2.75, 3.05) is 20.2 Å². The van der Waals surface area contributed by atoms with Crippen molar-refractivity contribution in [1.82, 2.24) is 40.9 Å². The molecule has 1 unspecified atom stereocenters. The number of imidazole rings is 1. The molecule has 0 radical (unpaired) electrons. The summed E-state index contributed by atoms with van der Waals surface area (Å²) in [5.74, 6) is -0.934. The van der Waals surface area contributed by atoms with Crippen LogP contribution in [0.3, 0.4) is 0 Å². The minimum atomic E-state index is -0.736. The summed E-state index contributed by atoms with van der Waals surface area (Å²) in [5, 5.41) is 16.1. The van der Waals surface area contributed by atoms with Gasteiger partial charge in [0.25, 0.3) is 0 Å². The quantitative estimate of drug-likeness (QED) is 0.311. The Morgan fingerprint density at radius 3 is 2.86 bits per heavy atom. The molecule has 2 aromatic heterocycles. The minimum Gasteiger partial charge on any atom is -0.464 e. The van der Waals surface area contributed by atoms with Crippen LogP contribution < -0.4 is 16.0 Å². The van der Waals surface area contributed by atoms with E-state index in [1.165, 1.54) is 17.9 Å². The summed E-state index contributed by atoms with van der Waals surface area (Å²) in [6.07, 6.45) is 5.35. The Morgan fingerprint density at radius 1 is 1.34 bits per heavy atom. The Hall–Kier alpha value is -3.28. The van der Waals surface area contributed by atoms with Gasteiger partial charge in [0, 0.05) is 31.8 Å². The van der Waals surface area contributed by atoms with Crippen molar-refractivity contribution in [1.29, 1.82) is 0 Å². The van der Waals surface area contributed by atoms with Crippen LogP contribution in [0.4, 0.5) is 0 Å². The summed E-state index contributed by atoms with van der Waals surface area (Å²) in [6, 6.07) is -0.736. The third-order valence-electron chi connectivity index (χ3n) is 3.87. The SMILES string of the molecule is CNCCC(=O)OCCn1cc(CNC(=O)C(Cc2cnc[nH]2)NC(C)=O)nn1. The predicted molar refractivity (Wildman–Crippen MR) is 101 cm³/mol. The molecule has 29 heavy (non-hydrogen) atoms. The molecule has 0 aromatic carbocycles. The van der Waals surface area contributed by atoms with Crippen LogP contribution in [0.25, 0.3) is 0 Å². The number of hydrogen-bond acceptors (Lipinski definition) is 8. The van der Waals surface area contributed by atoms with Gasteiger partial charge in [0.1, 0.15) is 18.3 Å². The van der Waals surface area contributed by atoms with Gasteiger partial charge >= 0.3 is 5.97 Å². The number of aromatic nitrogens is 5. The first-order chi connectivity index (χ1) is 14.0. The highest BCUT2D eigenvalue weighted by atomic mass is 16.5. The van der Waals surface area contributed by atoms with Crippen molar-refractivity contribution < 1.29 is 19.1 Å². The molecule has 158 valence electrons. The van der Waals surface area contributed by atoms with Crippen LogP contribution in [0.2, 0.25) is 0 Å².